The van der Waals surface area contributed by atoms with Gasteiger partial charge in [-0.1, -0.05) is 23.7 Å². The van der Waals surface area contributed by atoms with E-state index in [1.165, 1.54) is 24.3 Å². The first-order valence-corrected chi connectivity index (χ1v) is 6.33. The Morgan fingerprint density at radius 2 is 2.18 bits per heavy atom. The lowest BCUT2D eigenvalue weighted by Gasteiger charge is -2.26. The van der Waals surface area contributed by atoms with Gasteiger partial charge in [-0.3, -0.25) is 14.9 Å². The lowest BCUT2D eigenvalue weighted by Crippen LogP contribution is -2.32. The van der Waals surface area contributed by atoms with Crippen LogP contribution in [0.3, 0.4) is 0 Å². The topological polar surface area (TPSA) is 136 Å². The molecule has 1 aromatic carbocycles. The van der Waals surface area contributed by atoms with Crippen LogP contribution < -0.4 is 11.1 Å². The molecular weight excluding hydrogens is 314 g/mol. The van der Waals surface area contributed by atoms with E-state index in [1.807, 2.05) is 0 Å². The Labute approximate surface area is 129 Å². The van der Waals surface area contributed by atoms with Gasteiger partial charge in [0.25, 0.3) is 5.69 Å². The molecule has 1 aliphatic heterocycles. The van der Waals surface area contributed by atoms with Gasteiger partial charge in [-0.25, -0.2) is 4.79 Å². The minimum absolute atomic E-state index is 0.0613. The second-order valence-electron chi connectivity index (χ2n) is 4.43. The van der Waals surface area contributed by atoms with E-state index in [2.05, 4.69) is 5.32 Å². The second-order valence-corrected chi connectivity index (χ2v) is 4.81. The summed E-state index contributed by atoms with van der Waals surface area (Å²) in [5.41, 5.74) is 5.27. The van der Waals surface area contributed by atoms with E-state index in [9.17, 15) is 24.8 Å². The number of hydrogen-bond donors (Lipinski definition) is 3. The van der Waals surface area contributed by atoms with Crippen molar-refractivity contribution in [3.05, 3.63) is 62.1 Å². The highest BCUT2D eigenvalue weighted by Crippen LogP contribution is 2.38. The maximum Gasteiger partial charge on any atom is 0.336 e. The van der Waals surface area contributed by atoms with Crippen molar-refractivity contribution in [2.75, 3.05) is 0 Å². The van der Waals surface area contributed by atoms with Gasteiger partial charge in [0.15, 0.2) is 0 Å². The van der Waals surface area contributed by atoms with Crippen molar-refractivity contribution >= 4 is 29.5 Å². The number of carbonyl (C=O) groups excluding carboxylic acids is 1. The number of nitrogens with one attached hydrogen (secondary N) is 1. The van der Waals surface area contributed by atoms with Gasteiger partial charge in [0.1, 0.15) is 17.3 Å². The number of dihydropyridines is 1. The average Bonchev–Trinajstić information content (AvgIpc) is 2.46. The molecular formula is C13H10ClN3O5. The molecule has 1 aromatic rings. The maximum atomic E-state index is 11.4. The van der Waals surface area contributed by atoms with E-state index in [-0.39, 0.29) is 33.4 Å². The van der Waals surface area contributed by atoms with Crippen LogP contribution in [0.25, 0.3) is 0 Å². The van der Waals surface area contributed by atoms with Crippen LogP contribution >= 0.6 is 11.6 Å². The molecule has 1 heterocycles. The lowest BCUT2D eigenvalue weighted by atomic mass is 9.83. The van der Waals surface area contributed by atoms with Crippen molar-refractivity contribution in [1.82, 2.24) is 5.32 Å². The SMILES string of the molecule is NC1=C(C(=O)O)[C@@H](c2cccc([N+](=O)[O-])c2)C(C=O)=C(Cl)N1. The number of benzene rings is 1. The number of carboxylic acids is 1. The summed E-state index contributed by atoms with van der Waals surface area (Å²) in [6.07, 6.45) is 0.397. The molecule has 9 heteroatoms. The van der Waals surface area contributed by atoms with Gasteiger partial charge in [-0.2, -0.15) is 0 Å². The zero-order chi connectivity index (χ0) is 16.4. The summed E-state index contributed by atoms with van der Waals surface area (Å²) in [5.74, 6) is -2.67. The van der Waals surface area contributed by atoms with Crippen LogP contribution in [0, 0.1) is 10.1 Å². The van der Waals surface area contributed by atoms with Crippen LogP contribution in [0.2, 0.25) is 0 Å². The van der Waals surface area contributed by atoms with E-state index in [1.54, 1.807) is 0 Å². The fourth-order valence-corrected chi connectivity index (χ4v) is 2.47. The van der Waals surface area contributed by atoms with Gasteiger partial charge in [0, 0.05) is 17.7 Å². The number of hydrogen-bond acceptors (Lipinski definition) is 6. The number of carbonyl (C=O) groups is 2. The molecule has 0 saturated carbocycles. The van der Waals surface area contributed by atoms with Gasteiger partial charge in [0.05, 0.1) is 16.4 Å². The van der Waals surface area contributed by atoms with Crippen LogP contribution in [-0.2, 0) is 9.59 Å². The first-order chi connectivity index (χ1) is 10.4. The number of non-ortho nitro benzene ring substituents is 1. The molecule has 0 unspecified atom stereocenters. The number of rotatable bonds is 4. The third kappa shape index (κ3) is 2.63. The molecule has 2 rings (SSSR count). The Morgan fingerprint density at radius 1 is 1.50 bits per heavy atom. The molecule has 0 radical (unpaired) electrons. The Bertz CT molecular complexity index is 741. The van der Waals surface area contributed by atoms with Crippen molar-refractivity contribution in [1.29, 1.82) is 0 Å². The number of aldehydes is 1. The van der Waals surface area contributed by atoms with Crippen molar-refractivity contribution in [3.8, 4) is 0 Å². The number of nitro groups is 1. The predicted octanol–water partition coefficient (Wildman–Crippen LogP) is 1.19. The molecule has 0 amide bonds. The third-order valence-corrected chi connectivity index (χ3v) is 3.47. The molecule has 0 aliphatic carbocycles. The molecule has 0 bridgehead atoms. The van der Waals surface area contributed by atoms with Gasteiger partial charge < -0.3 is 16.2 Å². The molecule has 1 aliphatic rings. The highest BCUT2D eigenvalue weighted by atomic mass is 35.5. The minimum atomic E-state index is -1.36. The molecule has 22 heavy (non-hydrogen) atoms. The molecule has 0 aromatic heterocycles. The van der Waals surface area contributed by atoms with Crippen LogP contribution in [0.1, 0.15) is 11.5 Å². The molecule has 0 fully saturated rings. The summed E-state index contributed by atoms with van der Waals surface area (Å²) >= 11 is 5.89. The van der Waals surface area contributed by atoms with E-state index in [0.717, 1.165) is 0 Å². The number of nitrogens with two attached hydrogens (primary N) is 1. The summed E-state index contributed by atoms with van der Waals surface area (Å²) in [7, 11) is 0. The number of allylic oxidation sites excluding steroid dienone is 1. The van der Waals surface area contributed by atoms with Crippen LogP contribution in [0.4, 0.5) is 5.69 Å². The Kier molecular flexibility index (Phi) is 4.13. The highest BCUT2D eigenvalue weighted by molar-refractivity contribution is 6.31. The quantitative estimate of drug-likeness (QED) is 0.327. The average molecular weight is 324 g/mol. The fourth-order valence-electron chi connectivity index (χ4n) is 2.22. The summed E-state index contributed by atoms with van der Waals surface area (Å²) in [6, 6.07) is 5.29. The normalized spacial score (nSPS) is 18.0. The number of aliphatic carboxylic acids is 1. The van der Waals surface area contributed by atoms with E-state index in [4.69, 9.17) is 17.3 Å². The minimum Gasteiger partial charge on any atom is -0.478 e. The van der Waals surface area contributed by atoms with Gasteiger partial charge >= 0.3 is 5.97 Å². The summed E-state index contributed by atoms with van der Waals surface area (Å²) in [6.45, 7) is 0. The summed E-state index contributed by atoms with van der Waals surface area (Å²) in [5, 5.41) is 22.5. The number of nitrogens with zero attached hydrogens (tertiary/aromatic N) is 1. The van der Waals surface area contributed by atoms with Gasteiger partial charge in [0.2, 0.25) is 0 Å². The molecule has 114 valence electrons. The standard InChI is InChI=1S/C13H10ClN3O5/c14-11-8(5-18)9(10(13(19)20)12(15)16-11)6-2-1-3-7(4-6)17(21)22/h1-5,9,16H,15H2,(H,19,20)/t9-/m0/s1. The Hall–Kier alpha value is -2.87. The lowest BCUT2D eigenvalue weighted by molar-refractivity contribution is -0.384. The van der Waals surface area contributed by atoms with Crippen molar-refractivity contribution < 1.29 is 19.6 Å². The number of carboxylic acid groups (broad SMARTS) is 1. The van der Waals surface area contributed by atoms with Crippen molar-refractivity contribution in [3.63, 3.8) is 0 Å². The van der Waals surface area contributed by atoms with Crippen LogP contribution in [0.5, 0.6) is 0 Å². The summed E-state index contributed by atoms with van der Waals surface area (Å²) in [4.78, 5) is 33.0. The second kappa shape index (κ2) is 5.86. The first kappa shape index (κ1) is 15.5. The molecule has 0 saturated heterocycles. The van der Waals surface area contributed by atoms with Gasteiger partial charge in [-0.05, 0) is 5.56 Å². The monoisotopic (exact) mass is 323 g/mol. The van der Waals surface area contributed by atoms with E-state index >= 15 is 0 Å². The first-order valence-electron chi connectivity index (χ1n) is 5.96. The molecule has 0 spiro atoms. The fraction of sp³-hybridized carbons (Fsp3) is 0.0769. The predicted molar refractivity (Wildman–Crippen MR) is 76.8 cm³/mol. The molecule has 4 N–H and O–H groups in total. The van der Waals surface area contributed by atoms with Crippen LogP contribution in [-0.4, -0.2) is 22.3 Å². The molecule has 1 atom stereocenters. The largest absolute Gasteiger partial charge is 0.478 e. The van der Waals surface area contributed by atoms with E-state index in [0.29, 0.717) is 6.29 Å². The number of halogens is 1. The summed E-state index contributed by atoms with van der Waals surface area (Å²) < 4.78 is 0. The zero-order valence-electron chi connectivity index (χ0n) is 10.9. The van der Waals surface area contributed by atoms with E-state index < -0.39 is 16.8 Å². The Morgan fingerprint density at radius 3 is 2.73 bits per heavy atom. The Balaban J connectivity index is 2.67. The van der Waals surface area contributed by atoms with Gasteiger partial charge in [-0.15, -0.1) is 0 Å². The zero-order valence-corrected chi connectivity index (χ0v) is 11.7. The smallest absolute Gasteiger partial charge is 0.336 e. The van der Waals surface area contributed by atoms with Crippen molar-refractivity contribution in [2.45, 2.75) is 5.92 Å². The maximum absolute atomic E-state index is 11.4. The molecule has 8 nitrogen and oxygen atoms in total. The highest BCUT2D eigenvalue weighted by Gasteiger charge is 2.34. The number of nitro benzene ring substituents is 1. The van der Waals surface area contributed by atoms with Crippen LogP contribution in [0.15, 0.2) is 46.4 Å². The van der Waals surface area contributed by atoms with Crippen molar-refractivity contribution in [2.24, 2.45) is 5.73 Å². The third-order valence-electron chi connectivity index (χ3n) is 3.16.